The monoisotopic (exact) mass is 478 g/mol. The molecule has 3 rings (SSSR count). The minimum absolute atomic E-state index is 0.00995. The second-order valence-electron chi connectivity index (χ2n) is 6.73. The highest BCUT2D eigenvalue weighted by Crippen LogP contribution is 2.29. The highest BCUT2D eigenvalue weighted by atomic mass is 32.2. The Morgan fingerprint density at radius 3 is 2.45 bits per heavy atom. The summed E-state index contributed by atoms with van der Waals surface area (Å²) in [5.74, 6) is 0.385. The zero-order valence-electron chi connectivity index (χ0n) is 18.2. The van der Waals surface area contributed by atoms with Crippen LogP contribution in [-0.2, 0) is 10.0 Å². The van der Waals surface area contributed by atoms with Crippen LogP contribution in [0.15, 0.2) is 83.8 Å². The third-order valence-electron chi connectivity index (χ3n) is 4.35. The van der Waals surface area contributed by atoms with Crippen molar-refractivity contribution in [2.75, 3.05) is 11.9 Å². The van der Waals surface area contributed by atoms with E-state index in [1.807, 2.05) is 13.8 Å². The number of halogens is 3. The summed E-state index contributed by atoms with van der Waals surface area (Å²) >= 11 is 0. The predicted octanol–water partition coefficient (Wildman–Crippen LogP) is 5.55. The van der Waals surface area contributed by atoms with Gasteiger partial charge in [0.2, 0.25) is 16.0 Å². The summed E-state index contributed by atoms with van der Waals surface area (Å²) in [6, 6.07) is 11.6. The number of anilines is 1. The topological polar surface area (TPSA) is 101 Å². The number of hydrogen-bond acceptors (Lipinski definition) is 4. The van der Waals surface area contributed by atoms with Crippen molar-refractivity contribution in [3.8, 4) is 11.1 Å². The van der Waals surface area contributed by atoms with Crippen molar-refractivity contribution in [1.82, 2.24) is 9.97 Å². The first-order valence-corrected chi connectivity index (χ1v) is 11.5. The summed E-state index contributed by atoms with van der Waals surface area (Å²) in [7, 11) is -3.90. The van der Waals surface area contributed by atoms with Gasteiger partial charge in [0.1, 0.15) is 0 Å². The predicted molar refractivity (Wildman–Crippen MR) is 126 cm³/mol. The number of alkyl halides is 3. The van der Waals surface area contributed by atoms with Crippen LogP contribution in [0.3, 0.4) is 0 Å². The van der Waals surface area contributed by atoms with Crippen LogP contribution in [0.2, 0.25) is 0 Å². The Labute approximate surface area is 190 Å². The van der Waals surface area contributed by atoms with E-state index in [9.17, 15) is 21.6 Å². The van der Waals surface area contributed by atoms with Crippen molar-refractivity contribution in [3.05, 3.63) is 78.9 Å². The lowest BCUT2D eigenvalue weighted by molar-refractivity contribution is -0.0878. The molecule has 1 heterocycles. The molecule has 2 aromatic carbocycles. The number of nitrogens with zero attached hydrogens (tertiary/aromatic N) is 1. The molecular formula is C23H25F3N4O2S. The molecule has 4 N–H and O–H groups in total. The Hall–Kier alpha value is -3.37. The number of nitrogens with two attached hydrogens (primary N) is 1. The molecule has 0 saturated carbocycles. The number of benzene rings is 2. The maximum atomic E-state index is 12.5. The van der Waals surface area contributed by atoms with E-state index in [1.54, 1.807) is 36.4 Å². The first kappa shape index (κ1) is 25.9. The summed E-state index contributed by atoms with van der Waals surface area (Å²) < 4.78 is 61.1. The number of imidazole rings is 1. The largest absolute Gasteiger partial charge is 0.415 e. The Balaban J connectivity index is 0.00000187. The van der Waals surface area contributed by atoms with Crippen LogP contribution in [0.4, 0.5) is 19.1 Å². The van der Waals surface area contributed by atoms with Crippen LogP contribution >= 0.6 is 0 Å². The molecule has 0 spiro atoms. The van der Waals surface area contributed by atoms with Crippen LogP contribution < -0.4 is 10.5 Å². The molecule has 0 aliphatic rings. The van der Waals surface area contributed by atoms with Crippen LogP contribution in [0, 0.1) is 0 Å². The standard InChI is InChI=1S/C21H19F3N4O2S.C2H6/c1-13(7-8-14(2)21(22,23)24)12-26-20-27-17-10-9-15(11-18(17)28-20)16-5-3-4-6-19(16)31(25,29)30;1-2/h3-11H,1-2,12H2,(H2,25,29,30)(H2,26,27,28);1-2H3/b8-7-;. The van der Waals surface area contributed by atoms with E-state index >= 15 is 0 Å². The van der Waals surface area contributed by atoms with Gasteiger partial charge in [-0.1, -0.05) is 63.4 Å². The average molecular weight is 479 g/mol. The molecule has 0 radical (unpaired) electrons. The van der Waals surface area contributed by atoms with Crippen LogP contribution in [0.1, 0.15) is 13.8 Å². The molecule has 3 aromatic rings. The fourth-order valence-corrected chi connectivity index (χ4v) is 3.54. The first-order chi connectivity index (χ1) is 15.4. The highest BCUT2D eigenvalue weighted by Gasteiger charge is 2.29. The number of allylic oxidation sites excluding steroid dienone is 2. The van der Waals surface area contributed by atoms with E-state index in [4.69, 9.17) is 5.14 Å². The summed E-state index contributed by atoms with van der Waals surface area (Å²) in [6.45, 7) is 10.8. The minimum Gasteiger partial charge on any atom is -0.352 e. The average Bonchev–Trinajstić information content (AvgIpc) is 3.18. The lowest BCUT2D eigenvalue weighted by Crippen LogP contribution is -2.13. The molecule has 176 valence electrons. The Kier molecular flexibility index (Phi) is 8.23. The number of H-pyrrole nitrogens is 1. The molecular weight excluding hydrogens is 453 g/mol. The van der Waals surface area contributed by atoms with E-state index in [0.29, 0.717) is 33.7 Å². The van der Waals surface area contributed by atoms with Crippen molar-refractivity contribution in [2.45, 2.75) is 24.9 Å². The Morgan fingerprint density at radius 1 is 1.15 bits per heavy atom. The van der Waals surface area contributed by atoms with Crippen molar-refractivity contribution in [1.29, 1.82) is 0 Å². The molecule has 0 bridgehead atoms. The molecule has 33 heavy (non-hydrogen) atoms. The molecule has 6 nitrogen and oxygen atoms in total. The minimum atomic E-state index is -4.48. The van der Waals surface area contributed by atoms with Crippen LogP contribution in [-0.4, -0.2) is 31.1 Å². The molecule has 0 unspecified atom stereocenters. The first-order valence-electron chi connectivity index (χ1n) is 9.93. The molecule has 0 amide bonds. The highest BCUT2D eigenvalue weighted by molar-refractivity contribution is 7.89. The number of fused-ring (bicyclic) bond motifs is 1. The number of rotatable bonds is 7. The van der Waals surface area contributed by atoms with Gasteiger partial charge < -0.3 is 10.3 Å². The third kappa shape index (κ3) is 6.80. The number of nitrogens with one attached hydrogen (secondary N) is 2. The van der Waals surface area contributed by atoms with Crippen molar-refractivity contribution in [2.24, 2.45) is 5.14 Å². The fourth-order valence-electron chi connectivity index (χ4n) is 2.78. The summed E-state index contributed by atoms with van der Waals surface area (Å²) in [5, 5.41) is 8.25. The van der Waals surface area contributed by atoms with E-state index < -0.39 is 21.8 Å². The number of hydrogen-bond donors (Lipinski definition) is 3. The molecule has 0 aliphatic heterocycles. The smallest absolute Gasteiger partial charge is 0.352 e. The number of aromatic nitrogens is 2. The SMILES string of the molecule is C=C(/C=C\C(=C)C(F)(F)F)CNc1nc2ccc(-c3ccccc3S(N)(=O)=O)cc2[nH]1.CC. The van der Waals surface area contributed by atoms with Gasteiger partial charge in [-0.05, 0) is 29.3 Å². The van der Waals surface area contributed by atoms with Crippen LogP contribution in [0.5, 0.6) is 0 Å². The zero-order chi connectivity index (χ0) is 24.8. The molecule has 1 aromatic heterocycles. The summed E-state index contributed by atoms with van der Waals surface area (Å²) in [4.78, 5) is 7.41. The summed E-state index contributed by atoms with van der Waals surface area (Å²) in [5.41, 5.74) is 1.77. The molecule has 0 atom stereocenters. The number of sulfonamides is 1. The van der Waals surface area contributed by atoms with Crippen molar-refractivity contribution >= 4 is 27.0 Å². The Morgan fingerprint density at radius 2 is 1.82 bits per heavy atom. The van der Waals surface area contributed by atoms with Crippen molar-refractivity contribution < 1.29 is 21.6 Å². The van der Waals surface area contributed by atoms with Gasteiger partial charge in [0.15, 0.2) is 0 Å². The van der Waals surface area contributed by atoms with E-state index in [-0.39, 0.29) is 11.4 Å². The van der Waals surface area contributed by atoms with Crippen molar-refractivity contribution in [3.63, 3.8) is 0 Å². The number of primary sulfonamides is 1. The van der Waals surface area contributed by atoms with Gasteiger partial charge in [-0.25, -0.2) is 18.5 Å². The summed E-state index contributed by atoms with van der Waals surface area (Å²) in [6.07, 6.45) is -2.39. The van der Waals surface area contributed by atoms with Gasteiger partial charge in [-0.2, -0.15) is 13.2 Å². The maximum absolute atomic E-state index is 12.5. The third-order valence-corrected chi connectivity index (χ3v) is 5.32. The maximum Gasteiger partial charge on any atom is 0.415 e. The lowest BCUT2D eigenvalue weighted by atomic mass is 10.1. The normalized spacial score (nSPS) is 11.8. The van der Waals surface area contributed by atoms with Gasteiger partial charge in [-0.3, -0.25) is 0 Å². The van der Waals surface area contributed by atoms with E-state index in [1.165, 1.54) is 12.1 Å². The molecule has 0 fully saturated rings. The lowest BCUT2D eigenvalue weighted by Gasteiger charge is -2.07. The molecule has 0 aliphatic carbocycles. The van der Waals surface area contributed by atoms with E-state index in [0.717, 1.165) is 6.08 Å². The number of aromatic amines is 1. The van der Waals surface area contributed by atoms with Crippen LogP contribution in [0.25, 0.3) is 22.2 Å². The zero-order valence-corrected chi connectivity index (χ0v) is 19.0. The van der Waals surface area contributed by atoms with Gasteiger partial charge in [0.05, 0.1) is 15.9 Å². The van der Waals surface area contributed by atoms with Gasteiger partial charge in [0.25, 0.3) is 0 Å². The molecule has 10 heteroatoms. The Bertz CT molecular complexity index is 1290. The van der Waals surface area contributed by atoms with E-state index in [2.05, 4.69) is 28.4 Å². The quantitative estimate of drug-likeness (QED) is 0.388. The fraction of sp³-hybridized carbons (Fsp3) is 0.174. The second kappa shape index (κ2) is 10.5. The second-order valence-corrected chi connectivity index (χ2v) is 8.26. The van der Waals surface area contributed by atoms with Gasteiger partial charge in [-0.15, -0.1) is 0 Å². The van der Waals surface area contributed by atoms with Gasteiger partial charge >= 0.3 is 6.18 Å². The van der Waals surface area contributed by atoms with Gasteiger partial charge in [0, 0.05) is 17.7 Å². The molecule has 0 saturated heterocycles.